The molecule has 0 saturated carbocycles. The Kier molecular flexibility index (Phi) is 3.35. The molecule has 2 rings (SSSR count). The van der Waals surface area contributed by atoms with Gasteiger partial charge in [-0.15, -0.1) is 0 Å². The second-order valence-electron chi connectivity index (χ2n) is 5.17. The van der Waals surface area contributed by atoms with Crippen molar-refractivity contribution in [2.75, 3.05) is 24.6 Å². The van der Waals surface area contributed by atoms with Gasteiger partial charge in [0.15, 0.2) is 0 Å². The van der Waals surface area contributed by atoms with Gasteiger partial charge in [0.1, 0.15) is 5.82 Å². The summed E-state index contributed by atoms with van der Waals surface area (Å²) in [5, 5.41) is 9.07. The Labute approximate surface area is 102 Å². The predicted molar refractivity (Wildman–Crippen MR) is 67.1 cm³/mol. The first kappa shape index (κ1) is 12.3. The Bertz CT molecular complexity index is 404. The van der Waals surface area contributed by atoms with Gasteiger partial charge < -0.3 is 14.7 Å². The van der Waals surface area contributed by atoms with E-state index in [4.69, 9.17) is 9.84 Å². The van der Waals surface area contributed by atoms with Crippen LogP contribution in [0.4, 0.5) is 5.82 Å². The van der Waals surface area contributed by atoms with Gasteiger partial charge in [0, 0.05) is 19.3 Å². The predicted octanol–water partition coefficient (Wildman–Crippen LogP) is 1.50. The molecule has 1 saturated heterocycles. The SMILES string of the molecule is Cc1cc(CO)cnc1N1CCOC(C)(C)C1. The number of nitrogens with zero attached hydrogens (tertiary/aromatic N) is 2. The van der Waals surface area contributed by atoms with Gasteiger partial charge in [-0.2, -0.15) is 0 Å². The summed E-state index contributed by atoms with van der Waals surface area (Å²) in [6.45, 7) is 8.71. The average Bonchev–Trinajstić information content (AvgIpc) is 2.27. The maximum absolute atomic E-state index is 9.07. The third kappa shape index (κ3) is 2.76. The highest BCUT2D eigenvalue weighted by atomic mass is 16.5. The van der Waals surface area contributed by atoms with E-state index in [0.29, 0.717) is 0 Å². The average molecular weight is 236 g/mol. The zero-order chi connectivity index (χ0) is 12.5. The molecule has 0 radical (unpaired) electrons. The van der Waals surface area contributed by atoms with E-state index in [-0.39, 0.29) is 12.2 Å². The minimum absolute atomic E-state index is 0.0444. The Morgan fingerprint density at radius 1 is 1.53 bits per heavy atom. The number of aryl methyl sites for hydroxylation is 1. The molecule has 0 atom stereocenters. The van der Waals surface area contributed by atoms with E-state index in [2.05, 4.69) is 23.7 Å². The lowest BCUT2D eigenvalue weighted by molar-refractivity contribution is -0.0279. The molecule has 0 bridgehead atoms. The second kappa shape index (κ2) is 4.63. The lowest BCUT2D eigenvalue weighted by Gasteiger charge is -2.39. The Morgan fingerprint density at radius 2 is 2.29 bits per heavy atom. The molecule has 1 fully saturated rings. The number of pyridine rings is 1. The highest BCUT2D eigenvalue weighted by molar-refractivity contribution is 5.48. The normalized spacial score (nSPS) is 19.4. The summed E-state index contributed by atoms with van der Waals surface area (Å²) in [6, 6.07) is 1.99. The van der Waals surface area contributed by atoms with Crippen LogP contribution in [0.3, 0.4) is 0 Å². The van der Waals surface area contributed by atoms with Crippen LogP contribution in [0, 0.1) is 6.92 Å². The number of aliphatic hydroxyl groups excluding tert-OH is 1. The first-order valence-electron chi connectivity index (χ1n) is 5.97. The summed E-state index contributed by atoms with van der Waals surface area (Å²) in [5.74, 6) is 0.999. The molecule has 1 aromatic heterocycles. The van der Waals surface area contributed by atoms with Gasteiger partial charge in [0.2, 0.25) is 0 Å². The Hall–Kier alpha value is -1.13. The summed E-state index contributed by atoms with van der Waals surface area (Å²) in [5.41, 5.74) is 1.84. The summed E-state index contributed by atoms with van der Waals surface area (Å²) in [4.78, 5) is 6.70. The standard InChI is InChI=1S/C13H20N2O2/c1-10-6-11(8-16)7-14-12(10)15-4-5-17-13(2,3)9-15/h6-7,16H,4-5,8-9H2,1-3H3. The number of hydrogen-bond donors (Lipinski definition) is 1. The minimum Gasteiger partial charge on any atom is -0.392 e. The lowest BCUT2D eigenvalue weighted by Crippen LogP contribution is -2.48. The van der Waals surface area contributed by atoms with Gasteiger partial charge in [-0.05, 0) is 38.0 Å². The van der Waals surface area contributed by atoms with E-state index in [1.807, 2.05) is 13.0 Å². The molecule has 94 valence electrons. The second-order valence-corrected chi connectivity index (χ2v) is 5.17. The zero-order valence-corrected chi connectivity index (χ0v) is 10.7. The van der Waals surface area contributed by atoms with Crippen molar-refractivity contribution in [3.8, 4) is 0 Å². The van der Waals surface area contributed by atoms with Crippen molar-refractivity contribution >= 4 is 5.82 Å². The van der Waals surface area contributed by atoms with E-state index in [1.54, 1.807) is 6.20 Å². The summed E-state index contributed by atoms with van der Waals surface area (Å²) in [7, 11) is 0. The zero-order valence-electron chi connectivity index (χ0n) is 10.7. The van der Waals surface area contributed by atoms with Crippen molar-refractivity contribution in [2.45, 2.75) is 33.0 Å². The number of rotatable bonds is 2. The molecule has 0 aliphatic carbocycles. The molecule has 4 heteroatoms. The highest BCUT2D eigenvalue weighted by Gasteiger charge is 2.28. The van der Waals surface area contributed by atoms with Gasteiger partial charge in [0.05, 0.1) is 18.8 Å². The van der Waals surface area contributed by atoms with Crippen molar-refractivity contribution in [1.29, 1.82) is 0 Å². The molecule has 1 aliphatic rings. The van der Waals surface area contributed by atoms with Gasteiger partial charge in [-0.3, -0.25) is 0 Å². The summed E-state index contributed by atoms with van der Waals surface area (Å²) in [6.07, 6.45) is 1.74. The third-order valence-electron chi connectivity index (χ3n) is 3.02. The van der Waals surface area contributed by atoms with Crippen molar-refractivity contribution in [3.63, 3.8) is 0 Å². The van der Waals surface area contributed by atoms with Gasteiger partial charge in [-0.25, -0.2) is 4.98 Å². The topological polar surface area (TPSA) is 45.6 Å². The fourth-order valence-corrected chi connectivity index (χ4v) is 2.24. The molecule has 0 amide bonds. The molecule has 1 aromatic rings. The first-order chi connectivity index (χ1) is 8.02. The Balaban J connectivity index is 2.22. The fourth-order valence-electron chi connectivity index (χ4n) is 2.24. The van der Waals surface area contributed by atoms with Crippen LogP contribution in [0.15, 0.2) is 12.3 Å². The number of hydrogen-bond acceptors (Lipinski definition) is 4. The number of ether oxygens (including phenoxy) is 1. The van der Waals surface area contributed by atoms with Crippen LogP contribution in [0.1, 0.15) is 25.0 Å². The van der Waals surface area contributed by atoms with Crippen LogP contribution < -0.4 is 4.90 Å². The molecular weight excluding hydrogens is 216 g/mol. The summed E-state index contributed by atoms with van der Waals surface area (Å²) >= 11 is 0. The first-order valence-corrected chi connectivity index (χ1v) is 5.97. The third-order valence-corrected chi connectivity index (χ3v) is 3.02. The van der Waals surface area contributed by atoms with Crippen molar-refractivity contribution in [3.05, 3.63) is 23.4 Å². The highest BCUT2D eigenvalue weighted by Crippen LogP contribution is 2.24. The van der Waals surface area contributed by atoms with Crippen molar-refractivity contribution in [1.82, 2.24) is 4.98 Å². The number of anilines is 1. The van der Waals surface area contributed by atoms with Crippen molar-refractivity contribution < 1.29 is 9.84 Å². The maximum atomic E-state index is 9.07. The van der Waals surface area contributed by atoms with Crippen LogP contribution in [0.5, 0.6) is 0 Å². The van der Waals surface area contributed by atoms with E-state index >= 15 is 0 Å². The summed E-state index contributed by atoms with van der Waals surface area (Å²) < 4.78 is 5.69. The number of aliphatic hydroxyl groups is 1. The largest absolute Gasteiger partial charge is 0.392 e. The van der Waals surface area contributed by atoms with Gasteiger partial charge in [-0.1, -0.05) is 0 Å². The molecule has 0 spiro atoms. The van der Waals surface area contributed by atoms with Gasteiger partial charge >= 0.3 is 0 Å². The van der Waals surface area contributed by atoms with Crippen LogP contribution in [-0.2, 0) is 11.3 Å². The lowest BCUT2D eigenvalue weighted by atomic mass is 10.1. The van der Waals surface area contributed by atoms with Crippen LogP contribution in [-0.4, -0.2) is 35.4 Å². The molecule has 1 N–H and O–H groups in total. The van der Waals surface area contributed by atoms with Crippen LogP contribution >= 0.6 is 0 Å². The fraction of sp³-hybridized carbons (Fsp3) is 0.615. The maximum Gasteiger partial charge on any atom is 0.131 e. The molecule has 0 unspecified atom stereocenters. The number of aromatic nitrogens is 1. The molecular formula is C13H20N2O2. The monoisotopic (exact) mass is 236 g/mol. The molecule has 17 heavy (non-hydrogen) atoms. The van der Waals surface area contributed by atoms with Crippen LogP contribution in [0.25, 0.3) is 0 Å². The van der Waals surface area contributed by atoms with Crippen molar-refractivity contribution in [2.24, 2.45) is 0 Å². The van der Waals surface area contributed by atoms with E-state index in [9.17, 15) is 0 Å². The van der Waals surface area contributed by atoms with E-state index in [1.165, 1.54) is 0 Å². The Morgan fingerprint density at radius 3 is 2.88 bits per heavy atom. The quantitative estimate of drug-likeness (QED) is 0.845. The minimum atomic E-state index is -0.123. The van der Waals surface area contributed by atoms with E-state index < -0.39 is 0 Å². The number of morpholine rings is 1. The molecule has 0 aromatic carbocycles. The van der Waals surface area contributed by atoms with E-state index in [0.717, 1.165) is 36.6 Å². The molecule has 1 aliphatic heterocycles. The van der Waals surface area contributed by atoms with Gasteiger partial charge in [0.25, 0.3) is 0 Å². The smallest absolute Gasteiger partial charge is 0.131 e. The van der Waals surface area contributed by atoms with Crippen LogP contribution in [0.2, 0.25) is 0 Å². The molecule has 2 heterocycles. The molecule has 4 nitrogen and oxygen atoms in total.